The number of carbonyl (C=O) groups is 1. The van der Waals surface area contributed by atoms with E-state index in [4.69, 9.17) is 9.47 Å². The van der Waals surface area contributed by atoms with Crippen LogP contribution < -0.4 is 4.74 Å². The second kappa shape index (κ2) is 3.66. The first-order valence-electron chi connectivity index (χ1n) is 4.92. The monoisotopic (exact) mass is 210 g/mol. The van der Waals surface area contributed by atoms with Crippen molar-refractivity contribution < 1.29 is 14.3 Å². The lowest BCUT2D eigenvalue weighted by molar-refractivity contribution is -0.153. The summed E-state index contributed by atoms with van der Waals surface area (Å²) in [5, 5.41) is 3.96. The fraction of sp³-hybridized carbons (Fsp3) is 0.600. The van der Waals surface area contributed by atoms with Crippen molar-refractivity contribution in [3.05, 3.63) is 12.3 Å². The molecule has 82 valence electrons. The van der Waals surface area contributed by atoms with E-state index in [2.05, 4.69) is 5.10 Å². The molecule has 0 N–H and O–H groups in total. The molecule has 1 aliphatic rings. The van der Waals surface area contributed by atoms with E-state index in [1.807, 2.05) is 6.92 Å². The Morgan fingerprint density at radius 2 is 2.53 bits per heavy atom. The Labute approximate surface area is 88.0 Å². The third-order valence-electron chi connectivity index (χ3n) is 2.49. The average molecular weight is 210 g/mol. The summed E-state index contributed by atoms with van der Waals surface area (Å²) < 4.78 is 12.1. The van der Waals surface area contributed by atoms with Crippen LogP contribution in [-0.4, -0.2) is 34.5 Å². The second-order valence-electron chi connectivity index (χ2n) is 3.95. The Balaban J connectivity index is 1.90. The van der Waals surface area contributed by atoms with Crippen LogP contribution in [0.4, 0.5) is 0 Å². The molecule has 0 spiro atoms. The van der Waals surface area contributed by atoms with Gasteiger partial charge in [0.15, 0.2) is 0 Å². The van der Waals surface area contributed by atoms with Crippen molar-refractivity contribution in [2.24, 2.45) is 0 Å². The Morgan fingerprint density at radius 1 is 1.80 bits per heavy atom. The van der Waals surface area contributed by atoms with Crippen molar-refractivity contribution in [3.8, 4) is 5.88 Å². The highest BCUT2D eigenvalue weighted by Crippen LogP contribution is 2.26. The Morgan fingerprint density at radius 3 is 3.00 bits per heavy atom. The molecule has 1 unspecified atom stereocenters. The van der Waals surface area contributed by atoms with Gasteiger partial charge in [-0.3, -0.25) is 4.79 Å². The summed E-state index contributed by atoms with van der Waals surface area (Å²) in [6.07, 6.45) is 2.59. The molecule has 1 aromatic rings. The molecule has 1 aromatic heterocycles. The predicted molar refractivity (Wildman–Crippen MR) is 53.0 cm³/mol. The summed E-state index contributed by atoms with van der Waals surface area (Å²) in [6, 6.07) is 1.67. The summed E-state index contributed by atoms with van der Waals surface area (Å²) in [4.78, 5) is 10.9. The van der Waals surface area contributed by atoms with Gasteiger partial charge in [-0.25, -0.2) is 4.68 Å². The van der Waals surface area contributed by atoms with Crippen LogP contribution in [0.1, 0.15) is 25.1 Å². The maximum absolute atomic E-state index is 10.9. The van der Waals surface area contributed by atoms with Crippen molar-refractivity contribution in [1.82, 2.24) is 9.78 Å². The summed E-state index contributed by atoms with van der Waals surface area (Å²) in [5.41, 5.74) is -0.181. The van der Waals surface area contributed by atoms with Gasteiger partial charge >= 0.3 is 0 Å². The number of nitrogens with zero attached hydrogens (tertiary/aromatic N) is 2. The number of hydrogen-bond donors (Lipinski definition) is 0. The van der Waals surface area contributed by atoms with E-state index in [-0.39, 0.29) is 11.5 Å². The third kappa shape index (κ3) is 2.18. The lowest BCUT2D eigenvalue weighted by atomic mass is 9.99. The normalized spacial score (nSPS) is 24.7. The molecule has 15 heavy (non-hydrogen) atoms. The van der Waals surface area contributed by atoms with Crippen molar-refractivity contribution in [2.75, 3.05) is 13.2 Å². The highest BCUT2D eigenvalue weighted by molar-refractivity contribution is 5.75. The average Bonchev–Trinajstić information content (AvgIpc) is 2.60. The summed E-state index contributed by atoms with van der Waals surface area (Å²) in [6.45, 7) is 4.72. The van der Waals surface area contributed by atoms with Gasteiger partial charge in [0.05, 0.1) is 6.61 Å². The van der Waals surface area contributed by atoms with Gasteiger partial charge in [-0.2, -0.15) is 0 Å². The summed E-state index contributed by atoms with van der Waals surface area (Å²) in [7, 11) is 0. The molecule has 0 radical (unpaired) electrons. The minimum absolute atomic E-state index is 0.129. The molecular formula is C10H14N2O3. The van der Waals surface area contributed by atoms with Gasteiger partial charge in [0, 0.05) is 25.6 Å². The molecule has 0 aliphatic carbocycles. The molecule has 0 amide bonds. The first-order chi connectivity index (χ1) is 7.09. The number of ether oxygens (including phenoxy) is 2. The Kier molecular flexibility index (Phi) is 2.48. The molecule has 5 nitrogen and oxygen atoms in total. The quantitative estimate of drug-likeness (QED) is 0.749. The maximum atomic E-state index is 10.9. The topological polar surface area (TPSA) is 53.4 Å². The maximum Gasteiger partial charge on any atom is 0.243 e. The predicted octanol–water partition coefficient (Wildman–Crippen LogP) is 1.10. The van der Waals surface area contributed by atoms with Crippen LogP contribution in [0, 0.1) is 0 Å². The first kappa shape index (κ1) is 10.2. The van der Waals surface area contributed by atoms with E-state index >= 15 is 0 Å². The molecule has 0 saturated carbocycles. The van der Waals surface area contributed by atoms with Crippen molar-refractivity contribution in [2.45, 2.75) is 25.9 Å². The van der Waals surface area contributed by atoms with E-state index in [1.54, 1.807) is 12.3 Å². The van der Waals surface area contributed by atoms with Crippen molar-refractivity contribution in [1.29, 1.82) is 0 Å². The molecule has 0 bridgehead atoms. The molecule has 2 heterocycles. The van der Waals surface area contributed by atoms with Gasteiger partial charge in [-0.15, -0.1) is 5.10 Å². The lowest BCUT2D eigenvalue weighted by Gasteiger charge is -2.37. The van der Waals surface area contributed by atoms with Crippen LogP contribution in [0.5, 0.6) is 5.88 Å². The van der Waals surface area contributed by atoms with E-state index in [0.717, 1.165) is 13.0 Å². The highest BCUT2D eigenvalue weighted by atomic mass is 16.6. The van der Waals surface area contributed by atoms with Crippen LogP contribution in [-0.2, 0) is 4.74 Å². The minimum atomic E-state index is -0.181. The largest absolute Gasteiger partial charge is 0.474 e. The summed E-state index contributed by atoms with van der Waals surface area (Å²) >= 11 is 0. The smallest absolute Gasteiger partial charge is 0.243 e. The van der Waals surface area contributed by atoms with Gasteiger partial charge in [-0.1, -0.05) is 0 Å². The van der Waals surface area contributed by atoms with Gasteiger partial charge in [0.1, 0.15) is 12.2 Å². The molecule has 1 aliphatic heterocycles. The molecule has 1 fully saturated rings. The van der Waals surface area contributed by atoms with Crippen LogP contribution in [0.25, 0.3) is 0 Å². The zero-order valence-corrected chi connectivity index (χ0v) is 8.90. The molecular weight excluding hydrogens is 196 g/mol. The fourth-order valence-electron chi connectivity index (χ4n) is 1.35. The van der Waals surface area contributed by atoms with E-state index < -0.39 is 0 Å². The van der Waals surface area contributed by atoms with E-state index in [0.29, 0.717) is 12.5 Å². The zero-order valence-electron chi connectivity index (χ0n) is 8.90. The third-order valence-corrected chi connectivity index (χ3v) is 2.49. The lowest BCUT2D eigenvalue weighted by Crippen LogP contribution is -2.45. The molecule has 1 atom stereocenters. The second-order valence-corrected chi connectivity index (χ2v) is 3.95. The summed E-state index contributed by atoms with van der Waals surface area (Å²) in [5.74, 6) is 0.331. The Hall–Kier alpha value is -1.36. The Bertz CT molecular complexity index is 368. The van der Waals surface area contributed by atoms with Crippen LogP contribution in [0.2, 0.25) is 0 Å². The SMILES string of the molecule is CC(=O)n1ccc(OCC2(C)CCO2)n1. The highest BCUT2D eigenvalue weighted by Gasteiger charge is 2.34. The van der Waals surface area contributed by atoms with Gasteiger partial charge in [0.2, 0.25) is 11.8 Å². The number of aromatic nitrogens is 2. The van der Waals surface area contributed by atoms with Crippen LogP contribution in [0.3, 0.4) is 0 Å². The molecule has 5 heteroatoms. The van der Waals surface area contributed by atoms with E-state index in [9.17, 15) is 4.79 Å². The first-order valence-corrected chi connectivity index (χ1v) is 4.92. The van der Waals surface area contributed by atoms with Crippen molar-refractivity contribution >= 4 is 5.91 Å². The number of carbonyl (C=O) groups excluding carboxylic acids is 1. The standard InChI is InChI=1S/C10H14N2O3/c1-8(13)12-5-3-9(11-12)14-7-10(2)4-6-15-10/h3,5H,4,6-7H2,1-2H3. The number of hydrogen-bond acceptors (Lipinski definition) is 4. The zero-order chi connectivity index (χ0) is 10.9. The minimum Gasteiger partial charge on any atom is -0.474 e. The molecule has 0 aromatic carbocycles. The molecule has 1 saturated heterocycles. The van der Waals surface area contributed by atoms with Crippen molar-refractivity contribution in [3.63, 3.8) is 0 Å². The van der Waals surface area contributed by atoms with Gasteiger partial charge in [0.25, 0.3) is 0 Å². The van der Waals surface area contributed by atoms with Crippen LogP contribution >= 0.6 is 0 Å². The molecule has 2 rings (SSSR count). The van der Waals surface area contributed by atoms with Gasteiger partial charge in [-0.05, 0) is 6.92 Å². The van der Waals surface area contributed by atoms with Gasteiger partial charge < -0.3 is 9.47 Å². The number of rotatable bonds is 3. The fourth-order valence-corrected chi connectivity index (χ4v) is 1.35. The van der Waals surface area contributed by atoms with Crippen LogP contribution in [0.15, 0.2) is 12.3 Å². The van der Waals surface area contributed by atoms with E-state index in [1.165, 1.54) is 11.6 Å².